The summed E-state index contributed by atoms with van der Waals surface area (Å²) in [6.07, 6.45) is -0.612. The number of aromatic carboxylic acids is 1. The Bertz CT molecular complexity index is 1510. The summed E-state index contributed by atoms with van der Waals surface area (Å²) in [6, 6.07) is 17.9. The standard InChI is InChI=1S/C32H35N3O8/c1-19-7-5-6-8-23(19)33-31(39)34-24-14-9-20(15-26(24)40-4)16-28(36)35-17-27-29(43-32(2,3)42-27)25(35)18-41-22-12-10-21(11-13-22)30(37)38/h5-15,25,27,29H,16-18H2,1-4H3,(H,37,38)(H2,33,34,39)/t25-,27-,29-/m1/s1. The van der Waals surface area contributed by atoms with Crippen molar-refractivity contribution >= 4 is 29.3 Å². The Kier molecular flexibility index (Phi) is 8.56. The molecule has 5 rings (SSSR count). The molecule has 0 spiro atoms. The highest BCUT2D eigenvalue weighted by molar-refractivity contribution is 6.01. The molecule has 2 fully saturated rings. The zero-order chi connectivity index (χ0) is 30.7. The SMILES string of the molecule is COc1cc(CC(=O)N2C[C@H]3OC(C)(C)O[C@@H]3[C@H]2COc2ccc(C(=O)O)cc2)ccc1NC(=O)Nc1ccccc1C. The first-order valence-corrected chi connectivity index (χ1v) is 13.9. The lowest BCUT2D eigenvalue weighted by atomic mass is 10.1. The fraction of sp³-hybridized carbons (Fsp3) is 0.344. The quantitative estimate of drug-likeness (QED) is 0.327. The lowest BCUT2D eigenvalue weighted by Gasteiger charge is -2.30. The normalized spacial score (nSPS) is 20.3. The number of amides is 3. The van der Waals surface area contributed by atoms with Crippen molar-refractivity contribution in [3.63, 3.8) is 0 Å². The Hall–Kier alpha value is -4.61. The molecule has 0 aliphatic carbocycles. The molecule has 43 heavy (non-hydrogen) atoms. The minimum atomic E-state index is -1.02. The van der Waals surface area contributed by atoms with Crippen molar-refractivity contribution in [3.05, 3.63) is 83.4 Å². The van der Waals surface area contributed by atoms with Gasteiger partial charge < -0.3 is 39.6 Å². The highest BCUT2D eigenvalue weighted by Gasteiger charge is 2.54. The molecule has 3 aromatic carbocycles. The average molecular weight is 590 g/mol. The molecule has 3 aromatic rings. The molecular weight excluding hydrogens is 554 g/mol. The number of urea groups is 1. The van der Waals surface area contributed by atoms with Crippen LogP contribution in [-0.4, -0.2) is 72.2 Å². The first kappa shape index (κ1) is 29.9. The van der Waals surface area contributed by atoms with Crippen LogP contribution in [0.5, 0.6) is 11.5 Å². The maximum atomic E-state index is 13.6. The summed E-state index contributed by atoms with van der Waals surface area (Å²) in [7, 11) is 1.50. The van der Waals surface area contributed by atoms with Crippen LogP contribution in [0.1, 0.15) is 35.3 Å². The predicted octanol–water partition coefficient (Wildman–Crippen LogP) is 4.70. The fourth-order valence-corrected chi connectivity index (χ4v) is 5.40. The van der Waals surface area contributed by atoms with Gasteiger partial charge in [0.05, 0.1) is 37.4 Å². The largest absolute Gasteiger partial charge is 0.495 e. The van der Waals surface area contributed by atoms with E-state index in [9.17, 15) is 14.4 Å². The molecule has 0 unspecified atom stereocenters. The molecule has 2 saturated heterocycles. The topological polar surface area (TPSA) is 136 Å². The highest BCUT2D eigenvalue weighted by Crippen LogP contribution is 2.37. The second kappa shape index (κ2) is 12.3. The van der Waals surface area contributed by atoms with Gasteiger partial charge in [0.25, 0.3) is 0 Å². The van der Waals surface area contributed by atoms with Crippen LogP contribution in [-0.2, 0) is 20.7 Å². The van der Waals surface area contributed by atoms with Crippen molar-refractivity contribution in [2.45, 2.75) is 51.2 Å². The summed E-state index contributed by atoms with van der Waals surface area (Å²) in [6.45, 7) is 6.06. The van der Waals surface area contributed by atoms with Gasteiger partial charge in [0.15, 0.2) is 5.79 Å². The zero-order valence-corrected chi connectivity index (χ0v) is 24.5. The van der Waals surface area contributed by atoms with Crippen LogP contribution in [0.25, 0.3) is 0 Å². The van der Waals surface area contributed by atoms with Gasteiger partial charge in [-0.15, -0.1) is 0 Å². The average Bonchev–Trinajstić information content (AvgIpc) is 3.45. The van der Waals surface area contributed by atoms with Gasteiger partial charge in [-0.3, -0.25) is 4.79 Å². The van der Waals surface area contributed by atoms with E-state index >= 15 is 0 Å². The molecule has 11 nitrogen and oxygen atoms in total. The highest BCUT2D eigenvalue weighted by atomic mass is 16.8. The molecule has 2 aliphatic rings. The molecule has 0 aromatic heterocycles. The van der Waals surface area contributed by atoms with E-state index in [4.69, 9.17) is 24.1 Å². The van der Waals surface area contributed by atoms with E-state index < -0.39 is 23.8 Å². The number of para-hydroxylation sites is 1. The molecule has 0 saturated carbocycles. The third-order valence-electron chi connectivity index (χ3n) is 7.48. The number of methoxy groups -OCH3 is 1. The number of carbonyl (C=O) groups excluding carboxylic acids is 2. The summed E-state index contributed by atoms with van der Waals surface area (Å²) in [5.41, 5.74) is 2.95. The third kappa shape index (κ3) is 6.90. The van der Waals surface area contributed by atoms with E-state index in [1.807, 2.05) is 45.0 Å². The lowest BCUT2D eigenvalue weighted by Crippen LogP contribution is -2.46. The summed E-state index contributed by atoms with van der Waals surface area (Å²) in [5.74, 6) is -1.05. The van der Waals surface area contributed by atoms with Crippen LogP contribution < -0.4 is 20.1 Å². The number of carbonyl (C=O) groups is 3. The number of hydrogen-bond donors (Lipinski definition) is 3. The third-order valence-corrected chi connectivity index (χ3v) is 7.48. The number of rotatable bonds is 9. The molecule has 0 radical (unpaired) electrons. The molecule has 3 N–H and O–H groups in total. The number of carboxylic acids is 1. The molecule has 0 bridgehead atoms. The number of hydrogen-bond acceptors (Lipinski definition) is 7. The van der Waals surface area contributed by atoms with Gasteiger partial charge in [-0.25, -0.2) is 9.59 Å². The molecule has 3 amide bonds. The number of carboxylic acid groups (broad SMARTS) is 1. The number of benzene rings is 3. The number of nitrogens with one attached hydrogen (secondary N) is 2. The van der Waals surface area contributed by atoms with Gasteiger partial charge in [-0.05, 0) is 74.4 Å². The second-order valence-electron chi connectivity index (χ2n) is 11.0. The van der Waals surface area contributed by atoms with Gasteiger partial charge in [-0.1, -0.05) is 24.3 Å². The molecule has 226 valence electrons. The van der Waals surface area contributed by atoms with Crippen LogP contribution in [0.2, 0.25) is 0 Å². The van der Waals surface area contributed by atoms with Crippen molar-refractivity contribution < 1.29 is 38.4 Å². The van der Waals surface area contributed by atoms with Crippen LogP contribution in [0.15, 0.2) is 66.7 Å². The summed E-state index contributed by atoms with van der Waals surface area (Å²) >= 11 is 0. The number of nitrogens with zero attached hydrogens (tertiary/aromatic N) is 1. The van der Waals surface area contributed by atoms with Gasteiger partial charge >= 0.3 is 12.0 Å². The fourth-order valence-electron chi connectivity index (χ4n) is 5.40. The lowest BCUT2D eigenvalue weighted by molar-refractivity contribution is -0.168. The summed E-state index contributed by atoms with van der Waals surface area (Å²) in [4.78, 5) is 39.1. The van der Waals surface area contributed by atoms with Crippen molar-refractivity contribution in [2.24, 2.45) is 0 Å². The van der Waals surface area contributed by atoms with Gasteiger partial charge in [0.1, 0.15) is 30.3 Å². The Morgan fingerprint density at radius 1 is 1.00 bits per heavy atom. The molecule has 2 aliphatic heterocycles. The summed E-state index contributed by atoms with van der Waals surface area (Å²) in [5, 5.41) is 14.8. The smallest absolute Gasteiger partial charge is 0.335 e. The van der Waals surface area contributed by atoms with E-state index in [1.54, 1.807) is 35.2 Å². The van der Waals surface area contributed by atoms with Crippen LogP contribution >= 0.6 is 0 Å². The number of aryl methyl sites for hydroxylation is 1. The number of ether oxygens (including phenoxy) is 4. The van der Waals surface area contributed by atoms with E-state index in [1.165, 1.54) is 19.2 Å². The molecule has 11 heteroatoms. The predicted molar refractivity (Wildman–Crippen MR) is 159 cm³/mol. The van der Waals surface area contributed by atoms with Crippen molar-refractivity contribution in [2.75, 3.05) is 30.9 Å². The maximum absolute atomic E-state index is 13.6. The number of likely N-dealkylation sites (tertiary alicyclic amines) is 1. The Morgan fingerprint density at radius 2 is 1.72 bits per heavy atom. The van der Waals surface area contributed by atoms with Crippen molar-refractivity contribution in [1.29, 1.82) is 0 Å². The van der Waals surface area contributed by atoms with E-state index in [0.29, 0.717) is 35.0 Å². The van der Waals surface area contributed by atoms with Crippen molar-refractivity contribution in [3.8, 4) is 11.5 Å². The first-order chi connectivity index (χ1) is 20.5. The maximum Gasteiger partial charge on any atom is 0.335 e. The first-order valence-electron chi connectivity index (χ1n) is 13.9. The van der Waals surface area contributed by atoms with Crippen LogP contribution in [0.3, 0.4) is 0 Å². The molecular formula is C32H35N3O8. The monoisotopic (exact) mass is 589 g/mol. The van der Waals surface area contributed by atoms with Crippen molar-refractivity contribution in [1.82, 2.24) is 4.90 Å². The summed E-state index contributed by atoms with van der Waals surface area (Å²) < 4.78 is 23.7. The number of anilines is 2. The zero-order valence-electron chi connectivity index (χ0n) is 24.5. The number of fused-ring (bicyclic) bond motifs is 1. The Balaban J connectivity index is 1.26. The van der Waals surface area contributed by atoms with Gasteiger partial charge in [0.2, 0.25) is 5.91 Å². The van der Waals surface area contributed by atoms with E-state index in [2.05, 4.69) is 10.6 Å². The minimum Gasteiger partial charge on any atom is -0.495 e. The molecule has 3 atom stereocenters. The van der Waals surface area contributed by atoms with Gasteiger partial charge in [-0.2, -0.15) is 0 Å². The Morgan fingerprint density at radius 3 is 2.42 bits per heavy atom. The van der Waals surface area contributed by atoms with E-state index in [-0.39, 0.29) is 36.7 Å². The minimum absolute atomic E-state index is 0.0820. The van der Waals surface area contributed by atoms with Gasteiger partial charge in [0, 0.05) is 5.69 Å². The second-order valence-corrected chi connectivity index (χ2v) is 11.0. The van der Waals surface area contributed by atoms with Crippen LogP contribution in [0, 0.1) is 6.92 Å². The van der Waals surface area contributed by atoms with E-state index in [0.717, 1.165) is 5.56 Å². The molecule has 2 heterocycles. The Labute approximate surface area is 249 Å². The van der Waals surface area contributed by atoms with Crippen LogP contribution in [0.4, 0.5) is 16.2 Å².